The van der Waals surface area contributed by atoms with E-state index in [1.165, 1.54) is 12.1 Å². The first-order chi connectivity index (χ1) is 7.78. The van der Waals surface area contributed by atoms with Gasteiger partial charge in [-0.3, -0.25) is 0 Å². The van der Waals surface area contributed by atoms with Gasteiger partial charge in [0.15, 0.2) is 0 Å². The molecule has 0 fully saturated rings. The lowest BCUT2D eigenvalue weighted by Crippen LogP contribution is -2.24. The SMILES string of the molecule is CC(C)(C)OC(=O)N=C(N)c1cccc(O)c1. The van der Waals surface area contributed by atoms with Gasteiger partial charge in [-0.05, 0) is 32.9 Å². The molecule has 0 unspecified atom stereocenters. The molecule has 5 heteroatoms. The van der Waals surface area contributed by atoms with Gasteiger partial charge in [0.2, 0.25) is 0 Å². The van der Waals surface area contributed by atoms with E-state index in [2.05, 4.69) is 4.99 Å². The van der Waals surface area contributed by atoms with Crippen molar-refractivity contribution in [3.63, 3.8) is 0 Å². The zero-order valence-corrected chi connectivity index (χ0v) is 10.1. The van der Waals surface area contributed by atoms with Crippen LogP contribution in [0.25, 0.3) is 0 Å². The van der Waals surface area contributed by atoms with Crippen molar-refractivity contribution in [3.05, 3.63) is 29.8 Å². The van der Waals surface area contributed by atoms with Crippen LogP contribution in [-0.4, -0.2) is 22.6 Å². The van der Waals surface area contributed by atoms with Gasteiger partial charge in [-0.15, -0.1) is 0 Å². The number of amidine groups is 1. The van der Waals surface area contributed by atoms with Crippen molar-refractivity contribution < 1.29 is 14.6 Å². The van der Waals surface area contributed by atoms with Gasteiger partial charge >= 0.3 is 6.09 Å². The highest BCUT2D eigenvalue weighted by atomic mass is 16.6. The van der Waals surface area contributed by atoms with Crippen LogP contribution >= 0.6 is 0 Å². The lowest BCUT2D eigenvalue weighted by atomic mass is 10.2. The molecular weight excluding hydrogens is 220 g/mol. The number of phenols is 1. The van der Waals surface area contributed by atoms with Crippen molar-refractivity contribution in [1.29, 1.82) is 0 Å². The number of hydrogen-bond acceptors (Lipinski definition) is 3. The van der Waals surface area contributed by atoms with Crippen LogP contribution in [0.4, 0.5) is 4.79 Å². The second-order valence-corrected chi connectivity index (χ2v) is 4.53. The molecule has 0 radical (unpaired) electrons. The summed E-state index contributed by atoms with van der Waals surface area (Å²) in [6.45, 7) is 5.22. The molecular formula is C12H16N2O3. The highest BCUT2D eigenvalue weighted by Crippen LogP contribution is 2.12. The van der Waals surface area contributed by atoms with E-state index in [1.807, 2.05) is 0 Å². The van der Waals surface area contributed by atoms with Crippen LogP contribution in [0, 0.1) is 0 Å². The van der Waals surface area contributed by atoms with Gasteiger partial charge < -0.3 is 15.6 Å². The number of ether oxygens (including phenoxy) is 1. The predicted octanol–water partition coefficient (Wildman–Crippen LogP) is 2.03. The molecule has 0 atom stereocenters. The Hall–Kier alpha value is -2.04. The Balaban J connectivity index is 2.83. The van der Waals surface area contributed by atoms with E-state index in [9.17, 15) is 9.90 Å². The number of nitrogens with zero attached hydrogens (tertiary/aromatic N) is 1. The Kier molecular flexibility index (Phi) is 3.73. The van der Waals surface area contributed by atoms with Crippen molar-refractivity contribution in [2.24, 2.45) is 10.7 Å². The van der Waals surface area contributed by atoms with Gasteiger partial charge in [0.25, 0.3) is 0 Å². The van der Waals surface area contributed by atoms with Gasteiger partial charge in [-0.1, -0.05) is 12.1 Å². The van der Waals surface area contributed by atoms with Gasteiger partial charge in [-0.25, -0.2) is 4.79 Å². The summed E-state index contributed by atoms with van der Waals surface area (Å²) in [5.74, 6) is 0.0694. The minimum atomic E-state index is -0.752. The fourth-order valence-corrected chi connectivity index (χ4v) is 1.11. The Morgan fingerprint density at radius 3 is 2.59 bits per heavy atom. The topological polar surface area (TPSA) is 84.9 Å². The average Bonchev–Trinajstić information content (AvgIpc) is 2.14. The number of nitrogens with two attached hydrogens (primary N) is 1. The molecule has 3 N–H and O–H groups in total. The maximum Gasteiger partial charge on any atom is 0.436 e. The number of aromatic hydroxyl groups is 1. The molecule has 1 rings (SSSR count). The molecule has 0 spiro atoms. The van der Waals surface area contributed by atoms with E-state index in [0.717, 1.165) is 0 Å². The van der Waals surface area contributed by atoms with Crippen molar-refractivity contribution in [3.8, 4) is 5.75 Å². The summed E-state index contributed by atoms with van der Waals surface area (Å²) in [5.41, 5.74) is 5.48. The third kappa shape index (κ3) is 4.55. The molecule has 92 valence electrons. The minimum absolute atomic E-state index is 0.00940. The molecule has 0 heterocycles. The smallest absolute Gasteiger partial charge is 0.436 e. The van der Waals surface area contributed by atoms with Crippen LogP contribution in [-0.2, 0) is 4.74 Å². The molecule has 1 aromatic rings. The second-order valence-electron chi connectivity index (χ2n) is 4.53. The van der Waals surface area contributed by atoms with Gasteiger partial charge in [0, 0.05) is 5.56 Å². The van der Waals surface area contributed by atoms with Crippen molar-refractivity contribution in [1.82, 2.24) is 0 Å². The molecule has 0 aromatic heterocycles. The van der Waals surface area contributed by atoms with E-state index in [1.54, 1.807) is 32.9 Å². The van der Waals surface area contributed by atoms with Gasteiger partial charge in [0.1, 0.15) is 17.2 Å². The lowest BCUT2D eigenvalue weighted by Gasteiger charge is -2.17. The molecule has 1 amide bonds. The van der Waals surface area contributed by atoms with Crippen molar-refractivity contribution in [2.75, 3.05) is 0 Å². The third-order valence-corrected chi connectivity index (χ3v) is 1.75. The highest BCUT2D eigenvalue weighted by Gasteiger charge is 2.16. The van der Waals surface area contributed by atoms with Gasteiger partial charge in [0.05, 0.1) is 0 Å². The average molecular weight is 236 g/mol. The second kappa shape index (κ2) is 4.86. The van der Waals surface area contributed by atoms with Crippen LogP contribution in [0.2, 0.25) is 0 Å². The quantitative estimate of drug-likeness (QED) is 0.577. The summed E-state index contributed by atoms with van der Waals surface area (Å²) in [7, 11) is 0. The largest absolute Gasteiger partial charge is 0.508 e. The molecule has 0 aliphatic carbocycles. The third-order valence-electron chi connectivity index (χ3n) is 1.75. The first kappa shape index (κ1) is 13.0. The molecule has 0 bridgehead atoms. The lowest BCUT2D eigenvalue weighted by molar-refractivity contribution is 0.0604. The number of amides is 1. The Bertz CT molecular complexity index is 447. The molecule has 5 nitrogen and oxygen atoms in total. The fourth-order valence-electron chi connectivity index (χ4n) is 1.11. The fraction of sp³-hybridized carbons (Fsp3) is 0.333. The Morgan fingerprint density at radius 2 is 2.06 bits per heavy atom. The summed E-state index contributed by atoms with van der Waals surface area (Å²) in [5, 5.41) is 9.26. The Morgan fingerprint density at radius 1 is 1.41 bits per heavy atom. The number of carbonyl (C=O) groups excluding carboxylic acids is 1. The molecule has 17 heavy (non-hydrogen) atoms. The minimum Gasteiger partial charge on any atom is -0.508 e. The molecule has 0 saturated heterocycles. The van der Waals surface area contributed by atoms with Crippen LogP contribution in [0.1, 0.15) is 26.3 Å². The summed E-state index contributed by atoms with van der Waals surface area (Å²) < 4.78 is 4.99. The van der Waals surface area contributed by atoms with Crippen LogP contribution in [0.3, 0.4) is 0 Å². The van der Waals surface area contributed by atoms with Crippen molar-refractivity contribution in [2.45, 2.75) is 26.4 Å². The molecule has 1 aromatic carbocycles. The summed E-state index contributed by atoms with van der Waals surface area (Å²) in [6, 6.07) is 6.18. The summed E-state index contributed by atoms with van der Waals surface area (Å²) >= 11 is 0. The number of benzene rings is 1. The highest BCUT2D eigenvalue weighted by molar-refractivity contribution is 6.02. The standard InChI is InChI=1S/C12H16N2O3/c1-12(2,3)17-11(16)14-10(13)8-5-4-6-9(15)7-8/h4-7,15H,1-3H3,(H2,13,14,16). The molecule has 0 aliphatic rings. The first-order valence-electron chi connectivity index (χ1n) is 5.14. The number of rotatable bonds is 1. The normalized spacial score (nSPS) is 12.3. The van der Waals surface area contributed by atoms with E-state index in [4.69, 9.17) is 10.5 Å². The predicted molar refractivity (Wildman–Crippen MR) is 65.1 cm³/mol. The monoisotopic (exact) mass is 236 g/mol. The van der Waals surface area contributed by atoms with E-state index in [-0.39, 0.29) is 11.6 Å². The van der Waals surface area contributed by atoms with E-state index in [0.29, 0.717) is 5.56 Å². The number of hydrogen-bond donors (Lipinski definition) is 2. The zero-order valence-electron chi connectivity index (χ0n) is 10.1. The maximum absolute atomic E-state index is 11.4. The van der Waals surface area contributed by atoms with Crippen LogP contribution < -0.4 is 5.73 Å². The van der Waals surface area contributed by atoms with E-state index >= 15 is 0 Å². The molecule has 0 aliphatic heterocycles. The maximum atomic E-state index is 11.4. The molecule has 0 saturated carbocycles. The zero-order chi connectivity index (χ0) is 13.1. The first-order valence-corrected chi connectivity index (χ1v) is 5.14. The van der Waals surface area contributed by atoms with Gasteiger partial charge in [-0.2, -0.15) is 4.99 Å². The van der Waals surface area contributed by atoms with E-state index < -0.39 is 11.7 Å². The number of carbonyl (C=O) groups is 1. The Labute approximate surface area is 99.9 Å². The van der Waals surface area contributed by atoms with Crippen LogP contribution in [0.15, 0.2) is 29.3 Å². The van der Waals surface area contributed by atoms with Crippen molar-refractivity contribution >= 4 is 11.9 Å². The van der Waals surface area contributed by atoms with Crippen LogP contribution in [0.5, 0.6) is 5.75 Å². The number of phenolic OH excluding ortho intramolecular Hbond substituents is 1. The summed E-state index contributed by atoms with van der Waals surface area (Å²) in [4.78, 5) is 15.0. The summed E-state index contributed by atoms with van der Waals surface area (Å²) in [6.07, 6.45) is -0.752. The number of aliphatic imine (C=N–C) groups is 1.